The van der Waals surface area contributed by atoms with Gasteiger partial charge in [0.15, 0.2) is 0 Å². The maximum absolute atomic E-state index is 13.2. The van der Waals surface area contributed by atoms with E-state index in [0.29, 0.717) is 49.6 Å². The highest BCUT2D eigenvalue weighted by Crippen LogP contribution is 2.28. The van der Waals surface area contributed by atoms with E-state index in [9.17, 15) is 14.4 Å². The summed E-state index contributed by atoms with van der Waals surface area (Å²) in [5.41, 5.74) is 0.507. The summed E-state index contributed by atoms with van der Waals surface area (Å²) in [7, 11) is 1.54. The van der Waals surface area contributed by atoms with Gasteiger partial charge in [-0.3, -0.25) is 14.5 Å². The van der Waals surface area contributed by atoms with E-state index in [2.05, 4.69) is 0 Å². The lowest BCUT2D eigenvalue weighted by atomic mass is 10.0. The second-order valence-corrected chi connectivity index (χ2v) is 7.88. The minimum Gasteiger partial charge on any atom is -0.457 e. The van der Waals surface area contributed by atoms with Crippen molar-refractivity contribution in [2.75, 3.05) is 39.9 Å². The molecular weight excluding hydrogens is 410 g/mol. The SMILES string of the molecule is COCCN1C(=O)CN(C2CCN(C(=O)c3ccccc3Oc3ccccc3)CC2)C1=O. The number of carbonyl (C=O) groups is 3. The van der Waals surface area contributed by atoms with E-state index >= 15 is 0 Å². The molecule has 2 aromatic carbocycles. The molecule has 2 aliphatic heterocycles. The standard InChI is InChI=1S/C24H27N3O5/c1-31-16-15-26-22(28)17-27(24(26)30)18-11-13-25(14-12-18)23(29)20-9-5-6-10-21(20)32-19-7-3-2-4-8-19/h2-10,18H,11-17H2,1H3. The Bertz CT molecular complexity index is 973. The average molecular weight is 437 g/mol. The molecule has 4 amide bonds. The third-order valence-electron chi connectivity index (χ3n) is 5.88. The summed E-state index contributed by atoms with van der Waals surface area (Å²) in [4.78, 5) is 42.8. The molecule has 2 aliphatic rings. The lowest BCUT2D eigenvalue weighted by molar-refractivity contribution is -0.125. The van der Waals surface area contributed by atoms with Crippen LogP contribution in [0.2, 0.25) is 0 Å². The molecule has 0 atom stereocenters. The number of imide groups is 1. The number of amides is 4. The fraction of sp³-hybridized carbons (Fsp3) is 0.375. The third kappa shape index (κ3) is 4.60. The number of carbonyl (C=O) groups excluding carboxylic acids is 3. The van der Waals surface area contributed by atoms with Crippen LogP contribution in [-0.4, -0.2) is 78.5 Å². The average Bonchev–Trinajstić information content (AvgIpc) is 3.11. The van der Waals surface area contributed by atoms with Gasteiger partial charge in [-0.05, 0) is 37.1 Å². The van der Waals surface area contributed by atoms with Gasteiger partial charge >= 0.3 is 6.03 Å². The Morgan fingerprint density at radius 1 is 1.00 bits per heavy atom. The van der Waals surface area contributed by atoms with Crippen molar-refractivity contribution in [3.63, 3.8) is 0 Å². The first kappa shape index (κ1) is 21.8. The molecule has 8 heteroatoms. The molecule has 0 unspecified atom stereocenters. The van der Waals surface area contributed by atoms with Crippen molar-refractivity contribution in [1.29, 1.82) is 0 Å². The van der Waals surface area contributed by atoms with Gasteiger partial charge < -0.3 is 19.3 Å². The molecule has 0 saturated carbocycles. The van der Waals surface area contributed by atoms with E-state index in [1.54, 1.807) is 29.0 Å². The summed E-state index contributed by atoms with van der Waals surface area (Å²) < 4.78 is 10.9. The Labute approximate surface area is 187 Å². The van der Waals surface area contributed by atoms with Gasteiger partial charge in [0.2, 0.25) is 5.91 Å². The highest BCUT2D eigenvalue weighted by molar-refractivity contribution is 6.02. The Hall–Kier alpha value is -3.39. The lowest BCUT2D eigenvalue weighted by Crippen LogP contribution is -2.48. The summed E-state index contributed by atoms with van der Waals surface area (Å²) >= 11 is 0. The normalized spacial score (nSPS) is 17.2. The number of hydrogen-bond donors (Lipinski definition) is 0. The summed E-state index contributed by atoms with van der Waals surface area (Å²) in [6.07, 6.45) is 1.26. The number of ether oxygens (including phenoxy) is 2. The minimum absolute atomic E-state index is 0.0566. The summed E-state index contributed by atoms with van der Waals surface area (Å²) in [5.74, 6) is 0.889. The fourth-order valence-corrected chi connectivity index (χ4v) is 4.15. The van der Waals surface area contributed by atoms with Crippen LogP contribution >= 0.6 is 0 Å². The Balaban J connectivity index is 1.38. The van der Waals surface area contributed by atoms with Gasteiger partial charge in [0, 0.05) is 26.2 Å². The largest absolute Gasteiger partial charge is 0.457 e. The van der Waals surface area contributed by atoms with Crippen molar-refractivity contribution in [2.24, 2.45) is 0 Å². The smallest absolute Gasteiger partial charge is 0.327 e. The highest BCUT2D eigenvalue weighted by Gasteiger charge is 2.40. The van der Waals surface area contributed by atoms with Crippen LogP contribution < -0.4 is 4.74 Å². The number of urea groups is 1. The van der Waals surface area contributed by atoms with Crippen LogP contribution in [0.25, 0.3) is 0 Å². The first-order valence-corrected chi connectivity index (χ1v) is 10.8. The topological polar surface area (TPSA) is 79.4 Å². The molecule has 0 aliphatic carbocycles. The molecular formula is C24H27N3O5. The first-order chi connectivity index (χ1) is 15.6. The third-order valence-corrected chi connectivity index (χ3v) is 5.88. The number of hydrogen-bond acceptors (Lipinski definition) is 5. The van der Waals surface area contributed by atoms with Gasteiger partial charge in [-0.1, -0.05) is 30.3 Å². The van der Waals surface area contributed by atoms with Crippen LogP contribution in [0.4, 0.5) is 4.79 Å². The molecule has 8 nitrogen and oxygen atoms in total. The number of rotatable bonds is 7. The predicted molar refractivity (Wildman–Crippen MR) is 118 cm³/mol. The van der Waals surface area contributed by atoms with Crippen LogP contribution in [0.3, 0.4) is 0 Å². The molecule has 0 spiro atoms. The summed E-state index contributed by atoms with van der Waals surface area (Å²) in [6.45, 7) is 1.70. The van der Waals surface area contributed by atoms with Gasteiger partial charge in [0.05, 0.1) is 18.7 Å². The number of benzene rings is 2. The second-order valence-electron chi connectivity index (χ2n) is 7.88. The minimum atomic E-state index is -0.265. The number of nitrogens with zero attached hydrogens (tertiary/aromatic N) is 3. The Morgan fingerprint density at radius 2 is 1.69 bits per heavy atom. The predicted octanol–water partition coefficient (Wildman–Crippen LogP) is 2.99. The number of methoxy groups -OCH3 is 1. The van der Waals surface area contributed by atoms with Crippen LogP contribution in [0.5, 0.6) is 11.5 Å². The zero-order valence-electron chi connectivity index (χ0n) is 18.1. The van der Waals surface area contributed by atoms with Crippen LogP contribution in [-0.2, 0) is 9.53 Å². The zero-order chi connectivity index (χ0) is 22.5. The quantitative estimate of drug-likeness (QED) is 0.622. The summed E-state index contributed by atoms with van der Waals surface area (Å²) in [6, 6.07) is 16.2. The van der Waals surface area contributed by atoms with E-state index in [-0.39, 0.29) is 37.0 Å². The van der Waals surface area contributed by atoms with Crippen molar-refractivity contribution < 1.29 is 23.9 Å². The van der Waals surface area contributed by atoms with E-state index in [0.717, 1.165) is 0 Å². The monoisotopic (exact) mass is 437 g/mol. The van der Waals surface area contributed by atoms with E-state index in [1.165, 1.54) is 4.90 Å². The number of piperidine rings is 1. The van der Waals surface area contributed by atoms with E-state index in [4.69, 9.17) is 9.47 Å². The number of likely N-dealkylation sites (tertiary alicyclic amines) is 1. The molecule has 2 fully saturated rings. The number of para-hydroxylation sites is 2. The maximum atomic E-state index is 13.2. The van der Waals surface area contributed by atoms with Gasteiger partial charge in [0.1, 0.15) is 18.0 Å². The molecule has 0 bridgehead atoms. The molecule has 0 aromatic heterocycles. The molecule has 0 radical (unpaired) electrons. The second kappa shape index (κ2) is 9.82. The molecule has 4 rings (SSSR count). The van der Waals surface area contributed by atoms with Crippen molar-refractivity contribution >= 4 is 17.8 Å². The van der Waals surface area contributed by atoms with Gasteiger partial charge in [-0.2, -0.15) is 0 Å². The lowest BCUT2D eigenvalue weighted by Gasteiger charge is -2.36. The Morgan fingerprint density at radius 3 is 2.41 bits per heavy atom. The molecule has 0 N–H and O–H groups in total. The molecule has 2 saturated heterocycles. The highest BCUT2D eigenvalue weighted by atomic mass is 16.5. The van der Waals surface area contributed by atoms with Crippen LogP contribution in [0.1, 0.15) is 23.2 Å². The van der Waals surface area contributed by atoms with Crippen LogP contribution in [0, 0.1) is 0 Å². The molecule has 32 heavy (non-hydrogen) atoms. The Kier molecular flexibility index (Phi) is 6.70. The van der Waals surface area contributed by atoms with Crippen molar-refractivity contribution in [3.05, 3.63) is 60.2 Å². The van der Waals surface area contributed by atoms with Gasteiger partial charge in [0.25, 0.3) is 5.91 Å². The van der Waals surface area contributed by atoms with Crippen molar-refractivity contribution in [3.8, 4) is 11.5 Å². The maximum Gasteiger partial charge on any atom is 0.327 e. The van der Waals surface area contributed by atoms with E-state index < -0.39 is 0 Å². The van der Waals surface area contributed by atoms with Gasteiger partial charge in [-0.25, -0.2) is 4.79 Å². The summed E-state index contributed by atoms with van der Waals surface area (Å²) in [5, 5.41) is 0. The van der Waals surface area contributed by atoms with Crippen molar-refractivity contribution in [1.82, 2.24) is 14.7 Å². The molecule has 168 valence electrons. The van der Waals surface area contributed by atoms with E-state index in [1.807, 2.05) is 42.5 Å². The molecule has 2 heterocycles. The fourth-order valence-electron chi connectivity index (χ4n) is 4.15. The first-order valence-electron chi connectivity index (χ1n) is 10.8. The molecule has 2 aromatic rings. The van der Waals surface area contributed by atoms with Gasteiger partial charge in [-0.15, -0.1) is 0 Å². The van der Waals surface area contributed by atoms with Crippen LogP contribution in [0.15, 0.2) is 54.6 Å². The zero-order valence-corrected chi connectivity index (χ0v) is 18.1. The van der Waals surface area contributed by atoms with Crippen molar-refractivity contribution in [2.45, 2.75) is 18.9 Å².